The number of hydrogen-bond acceptors (Lipinski definition) is 5. The van der Waals surface area contributed by atoms with E-state index in [-0.39, 0.29) is 23.0 Å². The predicted molar refractivity (Wildman–Crippen MR) is 121 cm³/mol. The van der Waals surface area contributed by atoms with Crippen LogP contribution in [0.5, 0.6) is 0 Å². The van der Waals surface area contributed by atoms with Gasteiger partial charge in [0.05, 0.1) is 0 Å². The van der Waals surface area contributed by atoms with Crippen LogP contribution in [0.2, 0.25) is 0 Å². The Morgan fingerprint density at radius 1 is 1.18 bits per heavy atom. The summed E-state index contributed by atoms with van der Waals surface area (Å²) in [4.78, 5) is 29.2. The van der Waals surface area contributed by atoms with Gasteiger partial charge in [-0.3, -0.25) is 9.59 Å². The average Bonchev–Trinajstić information content (AvgIpc) is 3.39. The third-order valence-electron chi connectivity index (χ3n) is 6.35. The summed E-state index contributed by atoms with van der Waals surface area (Å²) in [6.07, 6.45) is 1.52. The SMILES string of the molecule is Cc1cc(N2CCCC2O)ccc1N1CCc2c(C(N)=O)nn(-c3ccccc3F)c2C1=O. The van der Waals surface area contributed by atoms with Crippen LogP contribution < -0.4 is 15.5 Å². The van der Waals surface area contributed by atoms with Crippen molar-refractivity contribution in [1.29, 1.82) is 0 Å². The van der Waals surface area contributed by atoms with Crippen LogP contribution in [0.1, 0.15) is 44.9 Å². The summed E-state index contributed by atoms with van der Waals surface area (Å²) in [5, 5.41) is 14.4. The Morgan fingerprint density at radius 2 is 1.97 bits per heavy atom. The Kier molecular flexibility index (Phi) is 5.13. The van der Waals surface area contributed by atoms with E-state index in [1.807, 2.05) is 30.0 Å². The molecule has 1 aromatic heterocycles. The van der Waals surface area contributed by atoms with Gasteiger partial charge in [0, 0.05) is 30.0 Å². The predicted octanol–water partition coefficient (Wildman–Crippen LogP) is 2.54. The van der Waals surface area contributed by atoms with Crippen LogP contribution >= 0.6 is 0 Å². The van der Waals surface area contributed by atoms with Crippen LogP contribution in [-0.4, -0.2) is 46.0 Å². The lowest BCUT2D eigenvalue weighted by molar-refractivity contribution is 0.0972. The first-order valence-electron chi connectivity index (χ1n) is 10.9. The number of aromatic nitrogens is 2. The molecule has 3 aromatic rings. The smallest absolute Gasteiger partial charge is 0.277 e. The second-order valence-corrected chi connectivity index (χ2v) is 8.40. The fourth-order valence-corrected chi connectivity index (χ4v) is 4.76. The number of aliphatic hydroxyl groups is 1. The van der Waals surface area contributed by atoms with E-state index in [1.54, 1.807) is 17.0 Å². The van der Waals surface area contributed by atoms with Gasteiger partial charge in [-0.1, -0.05) is 12.1 Å². The van der Waals surface area contributed by atoms with Gasteiger partial charge in [-0.15, -0.1) is 0 Å². The molecule has 33 heavy (non-hydrogen) atoms. The van der Waals surface area contributed by atoms with Crippen molar-refractivity contribution >= 4 is 23.2 Å². The normalized spacial score (nSPS) is 18.0. The van der Waals surface area contributed by atoms with Crippen LogP contribution in [-0.2, 0) is 6.42 Å². The van der Waals surface area contributed by atoms with Crippen molar-refractivity contribution in [2.45, 2.75) is 32.4 Å². The third-order valence-corrected chi connectivity index (χ3v) is 6.35. The molecule has 8 nitrogen and oxygen atoms in total. The van der Waals surface area contributed by atoms with Crippen molar-refractivity contribution in [2.75, 3.05) is 22.9 Å². The number of benzene rings is 2. The number of aryl methyl sites for hydroxylation is 1. The Bertz CT molecular complexity index is 1270. The van der Waals surface area contributed by atoms with Gasteiger partial charge < -0.3 is 20.6 Å². The minimum absolute atomic E-state index is 0.0173. The fourth-order valence-electron chi connectivity index (χ4n) is 4.76. The molecule has 3 N–H and O–H groups in total. The molecule has 0 aliphatic carbocycles. The molecular weight excluding hydrogens is 425 g/mol. The molecule has 0 saturated carbocycles. The molecule has 2 aliphatic heterocycles. The molecule has 1 saturated heterocycles. The van der Waals surface area contributed by atoms with Gasteiger partial charge in [0.15, 0.2) is 5.69 Å². The first-order chi connectivity index (χ1) is 15.9. The minimum Gasteiger partial charge on any atom is -0.374 e. The Morgan fingerprint density at radius 3 is 2.64 bits per heavy atom. The second-order valence-electron chi connectivity index (χ2n) is 8.40. The molecule has 170 valence electrons. The van der Waals surface area contributed by atoms with Crippen LogP contribution in [0.25, 0.3) is 5.69 Å². The molecule has 2 amide bonds. The molecule has 5 rings (SSSR count). The van der Waals surface area contributed by atoms with Gasteiger partial charge in [0.25, 0.3) is 11.8 Å². The Hall–Kier alpha value is -3.72. The standard InChI is InChI=1S/C24H24FN5O3/c1-14-13-15(28-11-4-7-20(28)31)8-9-18(14)29-12-10-16-21(23(26)32)27-30(22(16)24(29)33)19-6-3-2-5-17(19)25/h2-3,5-6,8-9,13,20,31H,4,7,10-12H2,1H3,(H2,26,32). The van der Waals surface area contributed by atoms with Gasteiger partial charge in [-0.25, -0.2) is 9.07 Å². The van der Waals surface area contributed by atoms with Crippen LogP contribution in [0, 0.1) is 12.7 Å². The number of fused-ring (bicyclic) bond motifs is 1. The second kappa shape index (κ2) is 8.00. The quantitative estimate of drug-likeness (QED) is 0.637. The topological polar surface area (TPSA) is 105 Å². The highest BCUT2D eigenvalue weighted by Crippen LogP contribution is 2.34. The molecule has 2 aliphatic rings. The van der Waals surface area contributed by atoms with E-state index in [9.17, 15) is 19.1 Å². The van der Waals surface area contributed by atoms with Crippen molar-refractivity contribution in [1.82, 2.24) is 9.78 Å². The molecule has 9 heteroatoms. The number of anilines is 2. The molecular formula is C24H24FN5O3. The summed E-state index contributed by atoms with van der Waals surface area (Å²) in [6.45, 7) is 3.03. The highest BCUT2D eigenvalue weighted by atomic mass is 19.1. The number of nitrogens with zero attached hydrogens (tertiary/aromatic N) is 4. The van der Waals surface area contributed by atoms with Crippen molar-refractivity contribution in [3.8, 4) is 5.69 Å². The lowest BCUT2D eigenvalue weighted by Gasteiger charge is -2.30. The number of aliphatic hydroxyl groups excluding tert-OH is 1. The molecule has 0 radical (unpaired) electrons. The van der Waals surface area contributed by atoms with Gasteiger partial charge in [-0.2, -0.15) is 5.10 Å². The van der Waals surface area contributed by atoms with Crippen molar-refractivity contribution in [2.24, 2.45) is 5.73 Å². The molecule has 3 heterocycles. The fraction of sp³-hybridized carbons (Fsp3) is 0.292. The van der Waals surface area contributed by atoms with E-state index in [0.717, 1.165) is 30.6 Å². The maximum absolute atomic E-state index is 14.6. The molecule has 0 bridgehead atoms. The minimum atomic E-state index is -0.757. The van der Waals surface area contributed by atoms with Crippen molar-refractivity contribution in [3.63, 3.8) is 0 Å². The van der Waals surface area contributed by atoms with E-state index in [0.29, 0.717) is 24.2 Å². The van der Waals surface area contributed by atoms with Crippen molar-refractivity contribution in [3.05, 3.63) is 70.8 Å². The zero-order chi connectivity index (χ0) is 23.3. The summed E-state index contributed by atoms with van der Waals surface area (Å²) in [6, 6.07) is 11.7. The number of halogens is 1. The van der Waals surface area contributed by atoms with Gasteiger partial charge >= 0.3 is 0 Å². The highest BCUT2D eigenvalue weighted by Gasteiger charge is 2.35. The van der Waals surface area contributed by atoms with Crippen molar-refractivity contribution < 1.29 is 19.1 Å². The average molecular weight is 449 g/mol. The number of hydrogen-bond donors (Lipinski definition) is 2. The van der Waals surface area contributed by atoms with E-state index < -0.39 is 18.0 Å². The third kappa shape index (κ3) is 3.45. The summed E-state index contributed by atoms with van der Waals surface area (Å²) < 4.78 is 15.7. The largest absolute Gasteiger partial charge is 0.374 e. The molecule has 2 aromatic carbocycles. The van der Waals surface area contributed by atoms with Gasteiger partial charge in [0.1, 0.15) is 23.4 Å². The number of nitrogens with two attached hydrogens (primary N) is 1. The monoisotopic (exact) mass is 449 g/mol. The number of rotatable bonds is 4. The number of carbonyl (C=O) groups excluding carboxylic acids is 2. The van der Waals surface area contributed by atoms with E-state index >= 15 is 0 Å². The lowest BCUT2D eigenvalue weighted by atomic mass is 10.0. The number of amides is 2. The summed E-state index contributed by atoms with van der Waals surface area (Å²) in [5.74, 6) is -1.70. The van der Waals surface area contributed by atoms with Crippen LogP contribution in [0.15, 0.2) is 42.5 Å². The van der Waals surface area contributed by atoms with Crippen LogP contribution in [0.3, 0.4) is 0 Å². The first-order valence-corrected chi connectivity index (χ1v) is 10.9. The van der Waals surface area contributed by atoms with Gasteiger partial charge in [0.2, 0.25) is 0 Å². The summed E-state index contributed by atoms with van der Waals surface area (Å²) >= 11 is 0. The Balaban J connectivity index is 1.56. The maximum Gasteiger partial charge on any atom is 0.277 e. The summed E-state index contributed by atoms with van der Waals surface area (Å²) in [7, 11) is 0. The van der Waals surface area contributed by atoms with E-state index in [4.69, 9.17) is 5.73 Å². The number of primary amides is 1. The highest BCUT2D eigenvalue weighted by molar-refractivity contribution is 6.10. The summed E-state index contributed by atoms with van der Waals surface area (Å²) in [5.41, 5.74) is 8.62. The van der Waals surface area contributed by atoms with E-state index in [2.05, 4.69) is 5.10 Å². The lowest BCUT2D eigenvalue weighted by Crippen LogP contribution is -2.39. The molecule has 0 spiro atoms. The van der Waals surface area contributed by atoms with Crippen LogP contribution in [0.4, 0.5) is 15.8 Å². The van der Waals surface area contributed by atoms with E-state index in [1.165, 1.54) is 16.8 Å². The molecule has 1 unspecified atom stereocenters. The first kappa shape index (κ1) is 21.1. The Labute approximate surface area is 190 Å². The maximum atomic E-state index is 14.6. The van der Waals surface area contributed by atoms with Gasteiger partial charge in [-0.05, 0) is 62.1 Å². The number of para-hydroxylation sites is 1. The zero-order valence-corrected chi connectivity index (χ0v) is 18.2. The number of carbonyl (C=O) groups is 2. The zero-order valence-electron chi connectivity index (χ0n) is 18.2. The molecule has 1 fully saturated rings. The molecule has 1 atom stereocenters.